The molecule has 1 aromatic carbocycles. The van der Waals surface area contributed by atoms with Crippen LogP contribution in [0.25, 0.3) is 0 Å². The number of carbonyl (C=O) groups excluding carboxylic acids is 2. The Kier molecular flexibility index (Phi) is 15.4. The van der Waals surface area contributed by atoms with Crippen molar-refractivity contribution < 1.29 is 9.59 Å². The Hall–Kier alpha value is -1.29. The molecule has 3 nitrogen and oxygen atoms in total. The number of amides is 1. The molecule has 0 aliphatic heterocycles. The van der Waals surface area contributed by atoms with Gasteiger partial charge in [0.15, 0.2) is 5.78 Å². The van der Waals surface area contributed by atoms with Crippen LogP contribution in [0.1, 0.15) is 139 Å². The third kappa shape index (κ3) is 11.4. The highest BCUT2D eigenvalue weighted by Crippen LogP contribution is 2.29. The van der Waals surface area contributed by atoms with E-state index in [1.54, 1.807) is 11.8 Å². The molecule has 0 heterocycles. The number of ketones is 1. The number of hydrogen-bond acceptors (Lipinski definition) is 3. The van der Waals surface area contributed by atoms with Crippen LogP contribution >= 0.6 is 11.8 Å². The minimum absolute atomic E-state index is 0.0502. The van der Waals surface area contributed by atoms with Crippen molar-refractivity contribution in [3.63, 3.8) is 0 Å². The quantitative estimate of drug-likeness (QED) is 0.186. The van der Waals surface area contributed by atoms with Gasteiger partial charge in [0.05, 0.1) is 5.25 Å². The topological polar surface area (TPSA) is 46.2 Å². The smallest absolute Gasteiger partial charge is 0.237 e. The Morgan fingerprint density at radius 1 is 0.824 bits per heavy atom. The second-order valence-electron chi connectivity index (χ2n) is 10.1. The number of anilines is 1. The second kappa shape index (κ2) is 18.0. The van der Waals surface area contributed by atoms with Crippen LogP contribution in [0.2, 0.25) is 0 Å². The summed E-state index contributed by atoms with van der Waals surface area (Å²) < 4.78 is 0. The van der Waals surface area contributed by atoms with Crippen LogP contribution in [0, 0.1) is 0 Å². The zero-order chi connectivity index (χ0) is 24.4. The molecule has 1 atom stereocenters. The third-order valence-corrected chi connectivity index (χ3v) is 8.31. The minimum atomic E-state index is -0.0655. The predicted molar refractivity (Wildman–Crippen MR) is 149 cm³/mol. The lowest BCUT2D eigenvalue weighted by Crippen LogP contribution is -2.23. The molecule has 0 bridgehead atoms. The lowest BCUT2D eigenvalue weighted by Gasteiger charge is -2.14. The third-order valence-electron chi connectivity index (χ3n) is 7.07. The van der Waals surface area contributed by atoms with Gasteiger partial charge in [0, 0.05) is 17.7 Å². The zero-order valence-electron chi connectivity index (χ0n) is 22.0. The monoisotopic (exact) mass is 487 g/mol. The molecule has 0 saturated heterocycles. The summed E-state index contributed by atoms with van der Waals surface area (Å²) in [6.45, 7) is 4.27. The number of unbranched alkanes of at least 4 members (excludes halogenated alkanes) is 15. The Balaban J connectivity index is 1.39. The molecule has 0 saturated carbocycles. The van der Waals surface area contributed by atoms with Crippen LogP contribution in [0.15, 0.2) is 18.2 Å². The summed E-state index contributed by atoms with van der Waals surface area (Å²) in [6, 6.07) is 5.66. The first-order valence-corrected chi connectivity index (χ1v) is 15.3. The van der Waals surface area contributed by atoms with E-state index in [-0.39, 0.29) is 16.9 Å². The van der Waals surface area contributed by atoms with Gasteiger partial charge in [-0.15, -0.1) is 11.8 Å². The van der Waals surface area contributed by atoms with Crippen molar-refractivity contribution in [1.29, 1.82) is 0 Å². The van der Waals surface area contributed by atoms with Gasteiger partial charge in [0.25, 0.3) is 0 Å². The summed E-state index contributed by atoms with van der Waals surface area (Å²) in [5, 5.41) is 2.99. The fourth-order valence-electron chi connectivity index (χ4n) is 4.83. The number of benzene rings is 1. The number of hydrogen-bond donors (Lipinski definition) is 1. The molecule has 0 spiro atoms. The standard InChI is InChI=1S/C30H49NO2S/c1-3-4-5-6-7-8-9-10-11-12-13-14-15-16-17-18-24-34-25(2)30(33)31-28-21-19-20-27-26(28)22-23-29(27)32/h19-21,25H,3-18,22-24H2,1-2H3,(H,31,33). The van der Waals surface area contributed by atoms with Crippen LogP contribution in [0.5, 0.6) is 0 Å². The fraction of sp³-hybridized carbons (Fsp3) is 0.733. The van der Waals surface area contributed by atoms with Crippen molar-refractivity contribution in [1.82, 2.24) is 0 Å². The highest BCUT2D eigenvalue weighted by molar-refractivity contribution is 8.00. The summed E-state index contributed by atoms with van der Waals surface area (Å²) in [7, 11) is 0. The fourth-order valence-corrected chi connectivity index (χ4v) is 5.76. The van der Waals surface area contributed by atoms with Gasteiger partial charge in [0.2, 0.25) is 5.91 Å². The molecule has 1 amide bonds. The van der Waals surface area contributed by atoms with Gasteiger partial charge >= 0.3 is 0 Å². The molecule has 1 aromatic rings. The van der Waals surface area contributed by atoms with Gasteiger partial charge in [-0.3, -0.25) is 9.59 Å². The van der Waals surface area contributed by atoms with Gasteiger partial charge in [0.1, 0.15) is 0 Å². The first-order valence-electron chi connectivity index (χ1n) is 14.2. The van der Waals surface area contributed by atoms with Gasteiger partial charge in [-0.05, 0) is 37.1 Å². The molecule has 0 radical (unpaired) electrons. The van der Waals surface area contributed by atoms with Gasteiger partial charge < -0.3 is 5.32 Å². The van der Waals surface area contributed by atoms with E-state index in [0.29, 0.717) is 6.42 Å². The number of nitrogens with one attached hydrogen (secondary N) is 1. The van der Waals surface area contributed by atoms with Crippen LogP contribution < -0.4 is 5.32 Å². The molecule has 1 unspecified atom stereocenters. The molecule has 0 aromatic heterocycles. The Morgan fingerprint density at radius 2 is 1.35 bits per heavy atom. The van der Waals surface area contributed by atoms with E-state index < -0.39 is 0 Å². The maximum atomic E-state index is 12.6. The molecule has 1 aliphatic rings. The molecule has 192 valence electrons. The Morgan fingerprint density at radius 3 is 1.91 bits per heavy atom. The highest BCUT2D eigenvalue weighted by Gasteiger charge is 2.23. The summed E-state index contributed by atoms with van der Waals surface area (Å²) in [5.74, 6) is 1.28. The molecule has 4 heteroatoms. The number of rotatable bonds is 20. The molecular formula is C30H49NO2S. The molecule has 2 rings (SSSR count). The van der Waals surface area contributed by atoms with Crippen LogP contribution in [-0.4, -0.2) is 22.7 Å². The van der Waals surface area contributed by atoms with Crippen LogP contribution in [0.4, 0.5) is 5.69 Å². The van der Waals surface area contributed by atoms with E-state index in [0.717, 1.165) is 29.0 Å². The summed E-state index contributed by atoms with van der Waals surface area (Å²) in [5.41, 5.74) is 2.62. The van der Waals surface area contributed by atoms with E-state index in [1.807, 2.05) is 25.1 Å². The van der Waals surface area contributed by atoms with Crippen molar-refractivity contribution in [3.8, 4) is 0 Å². The predicted octanol–water partition coefficient (Wildman–Crippen LogP) is 9.14. The Labute approximate surface area is 213 Å². The average Bonchev–Trinajstić information content (AvgIpc) is 3.22. The second-order valence-corrected chi connectivity index (χ2v) is 11.5. The largest absolute Gasteiger partial charge is 0.325 e. The van der Waals surface area contributed by atoms with E-state index in [4.69, 9.17) is 0 Å². The average molecular weight is 488 g/mol. The lowest BCUT2D eigenvalue weighted by molar-refractivity contribution is -0.115. The van der Waals surface area contributed by atoms with Gasteiger partial charge in [-0.1, -0.05) is 115 Å². The van der Waals surface area contributed by atoms with E-state index in [2.05, 4.69) is 12.2 Å². The van der Waals surface area contributed by atoms with E-state index in [1.165, 1.54) is 103 Å². The molecule has 0 fully saturated rings. The normalized spacial score (nSPS) is 13.8. The Bertz CT molecular complexity index is 718. The maximum Gasteiger partial charge on any atom is 0.237 e. The summed E-state index contributed by atoms with van der Waals surface area (Å²) >= 11 is 1.75. The van der Waals surface area contributed by atoms with Crippen molar-refractivity contribution in [2.45, 2.75) is 135 Å². The molecule has 1 aliphatic carbocycles. The molecule has 1 N–H and O–H groups in total. The molecular weight excluding hydrogens is 438 g/mol. The van der Waals surface area contributed by atoms with Crippen molar-refractivity contribution in [2.24, 2.45) is 0 Å². The minimum Gasteiger partial charge on any atom is -0.325 e. The summed E-state index contributed by atoms with van der Waals surface area (Å²) in [6.07, 6.45) is 23.5. The van der Waals surface area contributed by atoms with E-state index in [9.17, 15) is 9.59 Å². The summed E-state index contributed by atoms with van der Waals surface area (Å²) in [4.78, 5) is 24.5. The number of thioether (sulfide) groups is 1. The lowest BCUT2D eigenvalue weighted by atomic mass is 10.0. The molecule has 34 heavy (non-hydrogen) atoms. The van der Waals surface area contributed by atoms with Gasteiger partial charge in [-0.25, -0.2) is 0 Å². The first-order chi connectivity index (χ1) is 16.6. The maximum absolute atomic E-state index is 12.6. The zero-order valence-corrected chi connectivity index (χ0v) is 22.8. The van der Waals surface area contributed by atoms with Crippen molar-refractivity contribution in [3.05, 3.63) is 29.3 Å². The number of carbonyl (C=O) groups is 2. The van der Waals surface area contributed by atoms with Crippen molar-refractivity contribution >= 4 is 29.1 Å². The first kappa shape index (κ1) is 28.9. The SMILES string of the molecule is CCCCCCCCCCCCCCCCCCSC(C)C(=O)Nc1cccc2c1CCC2=O. The van der Waals surface area contributed by atoms with E-state index >= 15 is 0 Å². The number of fused-ring (bicyclic) bond motifs is 1. The van der Waals surface area contributed by atoms with Gasteiger partial charge in [-0.2, -0.15) is 0 Å². The van der Waals surface area contributed by atoms with Crippen LogP contribution in [-0.2, 0) is 11.2 Å². The van der Waals surface area contributed by atoms with Crippen molar-refractivity contribution in [2.75, 3.05) is 11.1 Å². The highest BCUT2D eigenvalue weighted by atomic mass is 32.2. The van der Waals surface area contributed by atoms with Crippen LogP contribution in [0.3, 0.4) is 0 Å². The number of Topliss-reactive ketones (excluding diaryl/α,β-unsaturated/α-hetero) is 1.